The van der Waals surface area contributed by atoms with Gasteiger partial charge < -0.3 is 25.5 Å². The summed E-state index contributed by atoms with van der Waals surface area (Å²) < 4.78 is 0. The zero-order valence-electron chi connectivity index (χ0n) is 8.54. The molecule has 4 atom stereocenters. The summed E-state index contributed by atoms with van der Waals surface area (Å²) in [6.45, 7) is 3.09. The highest BCUT2D eigenvalue weighted by Crippen LogP contribution is 2.12. The van der Waals surface area contributed by atoms with Gasteiger partial charge in [0.1, 0.15) is 18.3 Å². The number of aliphatic hydroxyl groups is 5. The molecule has 14 heavy (non-hydrogen) atoms. The highest BCUT2D eigenvalue weighted by Gasteiger charge is 2.29. The van der Waals surface area contributed by atoms with Gasteiger partial charge in [-0.1, -0.05) is 13.8 Å². The molecule has 0 fully saturated rings. The Morgan fingerprint density at radius 3 is 1.64 bits per heavy atom. The summed E-state index contributed by atoms with van der Waals surface area (Å²) in [4.78, 5) is 0. The van der Waals surface area contributed by atoms with Crippen molar-refractivity contribution in [3.05, 3.63) is 0 Å². The van der Waals surface area contributed by atoms with E-state index in [9.17, 15) is 15.3 Å². The van der Waals surface area contributed by atoms with Gasteiger partial charge >= 0.3 is 0 Å². The fraction of sp³-hybridized carbons (Fsp3) is 1.00. The Labute approximate surface area is 83.6 Å². The van der Waals surface area contributed by atoms with Gasteiger partial charge in [-0.2, -0.15) is 0 Å². The third-order valence-corrected chi connectivity index (χ3v) is 2.04. The first-order valence-corrected chi connectivity index (χ1v) is 4.73. The largest absolute Gasteiger partial charge is 0.394 e. The van der Waals surface area contributed by atoms with E-state index in [1.807, 2.05) is 13.8 Å². The van der Waals surface area contributed by atoms with E-state index in [4.69, 9.17) is 10.2 Å². The lowest BCUT2D eigenvalue weighted by molar-refractivity contribution is -0.118. The van der Waals surface area contributed by atoms with Crippen LogP contribution >= 0.6 is 0 Å². The van der Waals surface area contributed by atoms with Crippen LogP contribution in [-0.4, -0.2) is 56.6 Å². The quantitative estimate of drug-likeness (QED) is 0.364. The fourth-order valence-corrected chi connectivity index (χ4v) is 1.19. The zero-order valence-corrected chi connectivity index (χ0v) is 8.54. The van der Waals surface area contributed by atoms with Crippen LogP contribution in [0.5, 0.6) is 0 Å². The minimum Gasteiger partial charge on any atom is -0.394 e. The topological polar surface area (TPSA) is 101 Å². The fourth-order valence-electron chi connectivity index (χ4n) is 1.19. The second-order valence-electron chi connectivity index (χ2n) is 3.93. The van der Waals surface area contributed by atoms with Crippen LogP contribution in [0.1, 0.15) is 20.3 Å². The summed E-state index contributed by atoms with van der Waals surface area (Å²) in [5, 5.41) is 45.5. The Morgan fingerprint density at radius 2 is 1.29 bits per heavy atom. The predicted molar refractivity (Wildman–Crippen MR) is 50.6 cm³/mol. The molecule has 0 aliphatic rings. The molecule has 0 saturated heterocycles. The van der Waals surface area contributed by atoms with E-state index in [-0.39, 0.29) is 5.92 Å². The standard InChI is InChI=1S/C9H20O5/c1-5(2)3-6(11)8(13)9(14)7(12)4-10/h5-14H,3-4H2,1-2H3/t6?,7?,8-,9+/m1/s1. The lowest BCUT2D eigenvalue weighted by Gasteiger charge is -2.26. The van der Waals surface area contributed by atoms with E-state index in [1.165, 1.54) is 0 Å². The Balaban J connectivity index is 4.09. The van der Waals surface area contributed by atoms with Crippen LogP contribution in [0.2, 0.25) is 0 Å². The molecular weight excluding hydrogens is 188 g/mol. The van der Waals surface area contributed by atoms with E-state index >= 15 is 0 Å². The van der Waals surface area contributed by atoms with Gasteiger partial charge in [-0.3, -0.25) is 0 Å². The second kappa shape index (κ2) is 6.31. The van der Waals surface area contributed by atoms with Crippen molar-refractivity contribution in [1.82, 2.24) is 0 Å². The van der Waals surface area contributed by atoms with Crippen LogP contribution in [0, 0.1) is 5.92 Å². The second-order valence-corrected chi connectivity index (χ2v) is 3.93. The highest BCUT2D eigenvalue weighted by molar-refractivity contribution is 4.80. The van der Waals surface area contributed by atoms with Gasteiger partial charge in [-0.05, 0) is 12.3 Å². The van der Waals surface area contributed by atoms with Gasteiger partial charge in [0.05, 0.1) is 12.7 Å². The average Bonchev–Trinajstić information content (AvgIpc) is 2.13. The minimum absolute atomic E-state index is 0.179. The third-order valence-electron chi connectivity index (χ3n) is 2.04. The first-order chi connectivity index (χ1) is 6.40. The van der Waals surface area contributed by atoms with Gasteiger partial charge in [0.15, 0.2) is 0 Å². The van der Waals surface area contributed by atoms with Crippen LogP contribution < -0.4 is 0 Å². The molecule has 0 aromatic heterocycles. The molecule has 0 rings (SSSR count). The van der Waals surface area contributed by atoms with Crippen LogP contribution in [0.3, 0.4) is 0 Å². The monoisotopic (exact) mass is 208 g/mol. The number of hydrogen-bond donors (Lipinski definition) is 5. The van der Waals surface area contributed by atoms with Crippen molar-refractivity contribution in [1.29, 1.82) is 0 Å². The van der Waals surface area contributed by atoms with E-state index in [0.717, 1.165) is 0 Å². The molecule has 2 unspecified atom stereocenters. The molecule has 5 N–H and O–H groups in total. The van der Waals surface area contributed by atoms with Gasteiger partial charge in [-0.15, -0.1) is 0 Å². The van der Waals surface area contributed by atoms with E-state index in [0.29, 0.717) is 6.42 Å². The van der Waals surface area contributed by atoms with Crippen molar-refractivity contribution in [2.45, 2.75) is 44.7 Å². The van der Waals surface area contributed by atoms with Crippen molar-refractivity contribution in [2.24, 2.45) is 5.92 Å². The smallest absolute Gasteiger partial charge is 0.110 e. The van der Waals surface area contributed by atoms with Crippen molar-refractivity contribution < 1.29 is 25.5 Å². The lowest BCUT2D eigenvalue weighted by atomic mass is 9.96. The number of hydrogen-bond acceptors (Lipinski definition) is 5. The Bertz CT molecular complexity index is 150. The van der Waals surface area contributed by atoms with Crippen LogP contribution in [0.25, 0.3) is 0 Å². The molecule has 0 aromatic rings. The molecule has 0 spiro atoms. The molecule has 0 bridgehead atoms. The van der Waals surface area contributed by atoms with Crippen molar-refractivity contribution >= 4 is 0 Å². The Kier molecular flexibility index (Phi) is 6.22. The summed E-state index contributed by atoms with van der Waals surface area (Å²) in [7, 11) is 0. The highest BCUT2D eigenvalue weighted by atomic mass is 16.4. The number of rotatable bonds is 6. The average molecular weight is 208 g/mol. The maximum Gasteiger partial charge on any atom is 0.110 e. The maximum absolute atomic E-state index is 9.40. The summed E-state index contributed by atoms with van der Waals surface area (Å²) in [5.74, 6) is 0.179. The molecule has 0 heterocycles. The van der Waals surface area contributed by atoms with Crippen LogP contribution in [0.4, 0.5) is 0 Å². The minimum atomic E-state index is -1.52. The zero-order chi connectivity index (χ0) is 11.3. The van der Waals surface area contributed by atoms with Crippen molar-refractivity contribution in [3.8, 4) is 0 Å². The van der Waals surface area contributed by atoms with Gasteiger partial charge in [0, 0.05) is 0 Å². The molecule has 0 amide bonds. The first-order valence-electron chi connectivity index (χ1n) is 4.73. The summed E-state index contributed by atoms with van der Waals surface area (Å²) in [6, 6.07) is 0. The predicted octanol–water partition coefficient (Wildman–Crippen LogP) is -1.53. The molecule has 5 nitrogen and oxygen atoms in total. The molecule has 0 aliphatic heterocycles. The summed E-state index contributed by atoms with van der Waals surface area (Å²) >= 11 is 0. The lowest BCUT2D eigenvalue weighted by Crippen LogP contribution is -2.46. The molecule has 0 saturated carbocycles. The molecular formula is C9H20O5. The van der Waals surface area contributed by atoms with Gasteiger partial charge in [0.2, 0.25) is 0 Å². The molecule has 5 heteroatoms. The SMILES string of the molecule is CC(C)CC(O)[C@@H](O)[C@@H](O)C(O)CO. The number of aliphatic hydroxyl groups excluding tert-OH is 5. The molecule has 0 aliphatic carbocycles. The third kappa shape index (κ3) is 4.34. The van der Waals surface area contributed by atoms with Crippen molar-refractivity contribution in [2.75, 3.05) is 6.61 Å². The summed E-state index contributed by atoms with van der Waals surface area (Å²) in [6.07, 6.45) is -5.14. The first kappa shape index (κ1) is 13.8. The molecule has 86 valence electrons. The Morgan fingerprint density at radius 1 is 0.857 bits per heavy atom. The van der Waals surface area contributed by atoms with E-state index < -0.39 is 31.0 Å². The van der Waals surface area contributed by atoms with Gasteiger partial charge in [-0.25, -0.2) is 0 Å². The summed E-state index contributed by atoms with van der Waals surface area (Å²) in [5.41, 5.74) is 0. The van der Waals surface area contributed by atoms with Crippen LogP contribution in [0.15, 0.2) is 0 Å². The van der Waals surface area contributed by atoms with Crippen LogP contribution in [-0.2, 0) is 0 Å². The normalized spacial score (nSPS) is 20.6. The Hall–Kier alpha value is -0.200. The van der Waals surface area contributed by atoms with Crippen molar-refractivity contribution in [3.63, 3.8) is 0 Å². The molecule has 0 aromatic carbocycles. The molecule has 0 radical (unpaired) electrons. The van der Waals surface area contributed by atoms with E-state index in [2.05, 4.69) is 0 Å². The van der Waals surface area contributed by atoms with E-state index in [1.54, 1.807) is 0 Å². The maximum atomic E-state index is 9.40. The van der Waals surface area contributed by atoms with Gasteiger partial charge in [0.25, 0.3) is 0 Å².